The summed E-state index contributed by atoms with van der Waals surface area (Å²) in [5.74, 6) is -4.61. The van der Waals surface area contributed by atoms with Gasteiger partial charge in [-0.25, -0.2) is 8.78 Å². The van der Waals surface area contributed by atoms with Crippen LogP contribution in [0.2, 0.25) is 0 Å². The molecule has 1 aliphatic carbocycles. The zero-order valence-corrected chi connectivity index (χ0v) is 19.6. The molecule has 1 aliphatic rings. The summed E-state index contributed by atoms with van der Waals surface area (Å²) in [7, 11) is 0. The smallest absolute Gasteiger partial charge is 0.270 e. The summed E-state index contributed by atoms with van der Waals surface area (Å²) in [6.07, 6.45) is 5.76. The highest BCUT2D eigenvalue weighted by molar-refractivity contribution is 5.96. The molecular formula is C23H31F2N5O4. The molecule has 1 saturated carbocycles. The van der Waals surface area contributed by atoms with Crippen molar-refractivity contribution < 1.29 is 23.5 Å². The molecule has 0 bridgehead atoms. The van der Waals surface area contributed by atoms with Crippen LogP contribution >= 0.6 is 0 Å². The summed E-state index contributed by atoms with van der Waals surface area (Å²) >= 11 is 0. The summed E-state index contributed by atoms with van der Waals surface area (Å²) in [4.78, 5) is 36.1. The summed E-state index contributed by atoms with van der Waals surface area (Å²) in [6, 6.07) is 0.00509. The number of nitrogens with zero attached hydrogens (tertiary/aromatic N) is 3. The zero-order chi connectivity index (χ0) is 25.0. The molecule has 2 aromatic rings. The van der Waals surface area contributed by atoms with Gasteiger partial charge in [0.05, 0.1) is 6.20 Å². The lowest BCUT2D eigenvalue weighted by atomic mass is 9.99. The van der Waals surface area contributed by atoms with E-state index in [1.165, 1.54) is 10.8 Å². The molecule has 186 valence electrons. The molecule has 1 atom stereocenters. The Labute approximate surface area is 195 Å². The number of hydrogen-bond donors (Lipinski definition) is 3. The predicted octanol–water partition coefficient (Wildman–Crippen LogP) is 2.56. The average molecular weight is 480 g/mol. The summed E-state index contributed by atoms with van der Waals surface area (Å²) in [5, 5.41) is 19.8. The van der Waals surface area contributed by atoms with Crippen molar-refractivity contribution in [2.45, 2.75) is 65.0 Å². The first-order chi connectivity index (χ1) is 16.0. The number of nitrogens with one attached hydrogen (secondary N) is 2. The van der Waals surface area contributed by atoms with E-state index in [0.717, 1.165) is 17.4 Å². The van der Waals surface area contributed by atoms with E-state index in [-0.39, 0.29) is 36.3 Å². The lowest BCUT2D eigenvalue weighted by Gasteiger charge is -2.18. The van der Waals surface area contributed by atoms with Gasteiger partial charge in [-0.3, -0.25) is 19.0 Å². The minimum atomic E-state index is -2.96. The van der Waals surface area contributed by atoms with Gasteiger partial charge in [0.2, 0.25) is 18.2 Å². The van der Waals surface area contributed by atoms with Gasteiger partial charge in [-0.2, -0.15) is 9.61 Å². The first-order valence-corrected chi connectivity index (χ1v) is 11.4. The Morgan fingerprint density at radius 1 is 1.35 bits per heavy atom. The molecule has 9 nitrogen and oxygen atoms in total. The third-order valence-corrected chi connectivity index (χ3v) is 5.54. The van der Waals surface area contributed by atoms with Gasteiger partial charge in [-0.05, 0) is 24.7 Å². The van der Waals surface area contributed by atoms with Crippen LogP contribution in [0.5, 0.6) is 5.88 Å². The minimum Gasteiger partial charge on any atom is -0.492 e. The fourth-order valence-electron chi connectivity index (χ4n) is 3.77. The largest absolute Gasteiger partial charge is 0.492 e. The van der Waals surface area contributed by atoms with Crippen molar-refractivity contribution in [2.24, 2.45) is 11.8 Å². The molecule has 0 aliphatic heterocycles. The summed E-state index contributed by atoms with van der Waals surface area (Å²) in [6.45, 7) is 5.63. The first kappa shape index (κ1) is 25.4. The number of alkyl halides is 2. The molecule has 0 spiro atoms. The first-order valence-electron chi connectivity index (χ1n) is 11.4. The van der Waals surface area contributed by atoms with Crippen LogP contribution < -0.4 is 16.2 Å². The molecule has 0 radical (unpaired) electrons. The fourth-order valence-corrected chi connectivity index (χ4v) is 3.77. The van der Waals surface area contributed by atoms with Gasteiger partial charge in [0, 0.05) is 37.5 Å². The van der Waals surface area contributed by atoms with E-state index in [1.54, 1.807) is 19.1 Å². The normalized spacial score (nSPS) is 15.2. The van der Waals surface area contributed by atoms with Crippen LogP contribution in [0.3, 0.4) is 0 Å². The van der Waals surface area contributed by atoms with E-state index in [0.29, 0.717) is 12.0 Å². The Hall–Kier alpha value is -3.24. The molecule has 1 unspecified atom stereocenters. The lowest BCUT2D eigenvalue weighted by Crippen LogP contribution is -2.36. The molecule has 2 aromatic heterocycles. The van der Waals surface area contributed by atoms with Crippen molar-refractivity contribution >= 4 is 24.0 Å². The van der Waals surface area contributed by atoms with Gasteiger partial charge in [0.1, 0.15) is 5.65 Å². The van der Waals surface area contributed by atoms with Gasteiger partial charge in [0.25, 0.3) is 11.5 Å². The van der Waals surface area contributed by atoms with Crippen LogP contribution in [0.4, 0.5) is 8.78 Å². The van der Waals surface area contributed by atoms with Crippen molar-refractivity contribution in [1.82, 2.24) is 24.8 Å². The number of hydrogen-bond acceptors (Lipinski definition) is 5. The number of aromatic hydroxyl groups is 1. The van der Waals surface area contributed by atoms with Crippen LogP contribution in [-0.4, -0.2) is 50.1 Å². The van der Waals surface area contributed by atoms with E-state index in [4.69, 9.17) is 0 Å². The molecule has 3 N–H and O–H groups in total. The molecule has 1 fully saturated rings. The Morgan fingerprint density at radius 2 is 2.06 bits per heavy atom. The fraction of sp³-hybridized carbons (Fsp3) is 0.565. The zero-order valence-electron chi connectivity index (χ0n) is 19.6. The van der Waals surface area contributed by atoms with E-state index in [2.05, 4.69) is 15.7 Å². The van der Waals surface area contributed by atoms with Crippen molar-refractivity contribution in [2.75, 3.05) is 6.54 Å². The van der Waals surface area contributed by atoms with E-state index in [1.807, 2.05) is 13.8 Å². The minimum absolute atomic E-state index is 0.00509. The number of allylic oxidation sites excluding steroid dienone is 1. The Kier molecular flexibility index (Phi) is 7.73. The van der Waals surface area contributed by atoms with Crippen LogP contribution in [0, 0.1) is 11.8 Å². The number of fused-ring (bicyclic) bond motifs is 1. The maximum absolute atomic E-state index is 14.1. The van der Waals surface area contributed by atoms with Gasteiger partial charge >= 0.3 is 0 Å². The maximum Gasteiger partial charge on any atom is 0.270 e. The average Bonchev–Trinajstić information content (AvgIpc) is 3.44. The number of aromatic nitrogens is 3. The van der Waals surface area contributed by atoms with E-state index >= 15 is 0 Å². The number of amides is 2. The van der Waals surface area contributed by atoms with Crippen LogP contribution in [0.1, 0.15) is 62.4 Å². The van der Waals surface area contributed by atoms with Crippen molar-refractivity contribution in [1.29, 1.82) is 0 Å². The maximum atomic E-state index is 14.1. The number of halogens is 2. The molecule has 2 amide bonds. The van der Waals surface area contributed by atoms with Crippen molar-refractivity contribution in [3.63, 3.8) is 0 Å². The Bertz CT molecular complexity index is 1130. The predicted molar refractivity (Wildman–Crippen MR) is 123 cm³/mol. The van der Waals surface area contributed by atoms with Gasteiger partial charge in [-0.1, -0.05) is 32.9 Å². The van der Waals surface area contributed by atoms with E-state index in [9.17, 15) is 28.3 Å². The number of carbonyl (C=O) groups is 2. The topological polar surface area (TPSA) is 118 Å². The second-order valence-corrected chi connectivity index (χ2v) is 9.31. The van der Waals surface area contributed by atoms with Crippen LogP contribution in [0.25, 0.3) is 11.7 Å². The molecular weight excluding hydrogens is 448 g/mol. The molecule has 2 heterocycles. The highest BCUT2D eigenvalue weighted by atomic mass is 19.3. The quantitative estimate of drug-likeness (QED) is 0.320. The molecule has 3 rings (SSSR count). The van der Waals surface area contributed by atoms with Crippen molar-refractivity contribution in [3.05, 3.63) is 33.8 Å². The van der Waals surface area contributed by atoms with Gasteiger partial charge in [0.15, 0.2) is 5.56 Å². The van der Waals surface area contributed by atoms with Crippen LogP contribution in [0.15, 0.2) is 17.1 Å². The van der Waals surface area contributed by atoms with Crippen molar-refractivity contribution in [3.8, 4) is 5.88 Å². The number of carbonyl (C=O) groups excluding carboxylic acids is 2. The van der Waals surface area contributed by atoms with Gasteiger partial charge in [-0.15, -0.1) is 0 Å². The molecule has 34 heavy (non-hydrogen) atoms. The summed E-state index contributed by atoms with van der Waals surface area (Å²) < 4.78 is 30.8. The highest BCUT2D eigenvalue weighted by Gasteiger charge is 2.31. The lowest BCUT2D eigenvalue weighted by molar-refractivity contribution is -0.109. The molecule has 11 heteroatoms. The molecule has 0 aromatic carbocycles. The monoisotopic (exact) mass is 479 g/mol. The van der Waals surface area contributed by atoms with Gasteiger partial charge < -0.3 is 15.7 Å². The summed E-state index contributed by atoms with van der Waals surface area (Å²) in [5.41, 5.74) is -0.255. The molecule has 0 saturated heterocycles. The number of rotatable bonds is 12. The second kappa shape index (κ2) is 10.4. The standard InChI is InChI=1S/C23H31F2N5O4/c1-14(2)12-29-20-16(5-4-15(3)10-23(24,25)8-9-26-13-31)11-27-30(20)22(34)18(21(29)33)19(32)28-17-6-7-17/h4-5,11,13-15,17,34H,6-10,12H2,1-3H3,(H,26,31)(H,28,32)/b5-4+. The SMILES string of the molecule is CC(C)Cn1c(=O)c(C(=O)NC2CC2)c(O)n2ncc(/C=C/C(C)CC(F)(F)CCNC=O)c12. The highest BCUT2D eigenvalue weighted by Crippen LogP contribution is 2.28. The van der Waals surface area contributed by atoms with E-state index < -0.39 is 42.0 Å². The van der Waals surface area contributed by atoms with Crippen LogP contribution in [-0.2, 0) is 11.3 Å². The third-order valence-electron chi connectivity index (χ3n) is 5.54. The Balaban J connectivity index is 1.93. The second-order valence-electron chi connectivity index (χ2n) is 9.31. The Morgan fingerprint density at radius 3 is 2.68 bits per heavy atom. The third kappa shape index (κ3) is 6.00.